The zero-order valence-corrected chi connectivity index (χ0v) is 20.5. The van der Waals surface area contributed by atoms with Gasteiger partial charge in [-0.15, -0.1) is 0 Å². The predicted octanol–water partition coefficient (Wildman–Crippen LogP) is 3.85. The molecule has 6 rings (SSSR count). The van der Waals surface area contributed by atoms with Gasteiger partial charge in [-0.25, -0.2) is 19.6 Å². The monoisotopic (exact) mass is 483 g/mol. The van der Waals surface area contributed by atoms with Crippen LogP contribution in [0.4, 0.5) is 0 Å². The molecule has 9 nitrogen and oxygen atoms in total. The fraction of sp³-hybridized carbons (Fsp3) is 0.407. The number of benzene rings is 1. The van der Waals surface area contributed by atoms with E-state index in [9.17, 15) is 9.59 Å². The van der Waals surface area contributed by atoms with Gasteiger partial charge in [-0.3, -0.25) is 14.2 Å². The Morgan fingerprint density at radius 3 is 2.58 bits per heavy atom. The van der Waals surface area contributed by atoms with Crippen molar-refractivity contribution in [2.45, 2.75) is 64.1 Å². The smallest absolute Gasteiger partial charge is 0.289 e. The van der Waals surface area contributed by atoms with Gasteiger partial charge < -0.3 is 5.32 Å². The van der Waals surface area contributed by atoms with Gasteiger partial charge in [0.15, 0.2) is 5.65 Å². The highest BCUT2D eigenvalue weighted by molar-refractivity contribution is 5.93. The molecule has 0 atom stereocenters. The van der Waals surface area contributed by atoms with E-state index in [1.807, 2.05) is 42.8 Å². The van der Waals surface area contributed by atoms with Crippen molar-refractivity contribution in [1.82, 2.24) is 34.6 Å². The van der Waals surface area contributed by atoms with Crippen LogP contribution >= 0.6 is 0 Å². The molecule has 36 heavy (non-hydrogen) atoms. The van der Waals surface area contributed by atoms with Crippen molar-refractivity contribution in [3.8, 4) is 11.1 Å². The van der Waals surface area contributed by atoms with E-state index in [-0.39, 0.29) is 23.3 Å². The van der Waals surface area contributed by atoms with Gasteiger partial charge in [-0.1, -0.05) is 30.7 Å². The summed E-state index contributed by atoms with van der Waals surface area (Å²) >= 11 is 0. The van der Waals surface area contributed by atoms with Gasteiger partial charge >= 0.3 is 0 Å². The number of aromatic nitrogens is 6. The molecule has 0 saturated heterocycles. The molecule has 2 aliphatic carbocycles. The van der Waals surface area contributed by atoms with Gasteiger partial charge in [0.2, 0.25) is 5.82 Å². The first-order valence-corrected chi connectivity index (χ1v) is 12.6. The third kappa shape index (κ3) is 3.98. The fourth-order valence-corrected chi connectivity index (χ4v) is 4.87. The molecule has 1 aromatic carbocycles. The number of amides is 1. The maximum atomic E-state index is 13.2. The van der Waals surface area contributed by atoms with Crippen LogP contribution in [0.2, 0.25) is 0 Å². The van der Waals surface area contributed by atoms with E-state index in [2.05, 4.69) is 25.4 Å². The maximum absolute atomic E-state index is 13.2. The zero-order chi connectivity index (χ0) is 24.9. The Bertz CT molecular complexity index is 1490. The van der Waals surface area contributed by atoms with E-state index in [4.69, 9.17) is 0 Å². The summed E-state index contributed by atoms with van der Waals surface area (Å²) in [6.07, 6.45) is 12.0. The van der Waals surface area contributed by atoms with Gasteiger partial charge in [-0.2, -0.15) is 5.10 Å². The van der Waals surface area contributed by atoms with Crippen molar-refractivity contribution in [3.05, 3.63) is 70.9 Å². The highest BCUT2D eigenvalue weighted by Crippen LogP contribution is 2.46. The molecule has 0 aliphatic heterocycles. The minimum atomic E-state index is -0.437. The van der Waals surface area contributed by atoms with E-state index >= 15 is 0 Å². The molecule has 3 aromatic heterocycles. The second kappa shape index (κ2) is 8.65. The average Bonchev–Trinajstić information content (AvgIpc) is 3.52. The SMILES string of the molecule is CC(C)n1cncc(-c2ccc(C3(NC(=O)c4ncc5cnn(CC6CCC6)c5n4)CC3)cc2)c1=O. The Balaban J connectivity index is 1.22. The van der Waals surface area contributed by atoms with Gasteiger partial charge in [0.1, 0.15) is 0 Å². The number of hydrogen-bond acceptors (Lipinski definition) is 6. The summed E-state index contributed by atoms with van der Waals surface area (Å²) in [6.45, 7) is 4.75. The van der Waals surface area contributed by atoms with Gasteiger partial charge in [0.25, 0.3) is 11.5 Å². The summed E-state index contributed by atoms with van der Waals surface area (Å²) in [6, 6.07) is 7.84. The van der Waals surface area contributed by atoms with Crippen molar-refractivity contribution >= 4 is 16.9 Å². The third-order valence-electron chi connectivity index (χ3n) is 7.50. The molecule has 2 saturated carbocycles. The molecular weight excluding hydrogens is 454 g/mol. The molecule has 2 aliphatic rings. The van der Waals surface area contributed by atoms with Crippen LogP contribution in [-0.4, -0.2) is 35.2 Å². The topological polar surface area (TPSA) is 108 Å². The maximum Gasteiger partial charge on any atom is 0.289 e. The van der Waals surface area contributed by atoms with Crippen LogP contribution in [0.25, 0.3) is 22.2 Å². The van der Waals surface area contributed by atoms with Crippen LogP contribution in [0.15, 0.2) is 54.0 Å². The van der Waals surface area contributed by atoms with Crippen molar-refractivity contribution in [3.63, 3.8) is 0 Å². The fourth-order valence-electron chi connectivity index (χ4n) is 4.87. The molecule has 1 amide bonds. The number of carbonyl (C=O) groups excluding carboxylic acids is 1. The lowest BCUT2D eigenvalue weighted by molar-refractivity contribution is 0.0920. The van der Waals surface area contributed by atoms with Crippen LogP contribution in [0.5, 0.6) is 0 Å². The molecule has 184 valence electrons. The second-order valence-corrected chi connectivity index (χ2v) is 10.3. The summed E-state index contributed by atoms with van der Waals surface area (Å²) in [5.74, 6) is 0.505. The van der Waals surface area contributed by atoms with E-state index in [1.165, 1.54) is 19.3 Å². The standard InChI is InChI=1S/C27H29N7O2/c1-17(2)33-16-28-14-22(26(33)36)19-6-8-21(9-7-19)27(10-11-27)32-25(35)23-29-12-20-13-30-34(24(20)31-23)15-18-4-3-5-18/h6-9,12-14,16-18H,3-5,10-11,15H2,1-2H3,(H,32,35). The third-order valence-corrected chi connectivity index (χ3v) is 7.50. The molecule has 4 aromatic rings. The van der Waals surface area contributed by atoms with Gasteiger partial charge in [-0.05, 0) is 56.6 Å². The Kier molecular flexibility index (Phi) is 5.43. The molecule has 0 unspecified atom stereocenters. The number of rotatable bonds is 7. The van der Waals surface area contributed by atoms with Crippen molar-refractivity contribution in [1.29, 1.82) is 0 Å². The molecule has 9 heteroatoms. The lowest BCUT2D eigenvalue weighted by atomic mass is 9.85. The molecule has 3 heterocycles. The largest absolute Gasteiger partial charge is 0.340 e. The molecule has 0 radical (unpaired) electrons. The van der Waals surface area contributed by atoms with Gasteiger partial charge in [0, 0.05) is 25.0 Å². The van der Waals surface area contributed by atoms with E-state index < -0.39 is 5.54 Å². The Morgan fingerprint density at radius 2 is 1.92 bits per heavy atom. The highest BCUT2D eigenvalue weighted by atomic mass is 16.2. The Labute approximate surface area is 208 Å². The normalized spacial score (nSPS) is 16.8. The first kappa shape index (κ1) is 22.6. The average molecular weight is 484 g/mol. The van der Waals surface area contributed by atoms with E-state index in [1.54, 1.807) is 29.5 Å². The van der Waals surface area contributed by atoms with Crippen LogP contribution in [0, 0.1) is 5.92 Å². The molecule has 1 N–H and O–H groups in total. The summed E-state index contributed by atoms with van der Waals surface area (Å²) in [5.41, 5.74) is 2.58. The Morgan fingerprint density at radius 1 is 1.14 bits per heavy atom. The molecule has 2 fully saturated rings. The first-order valence-electron chi connectivity index (χ1n) is 12.6. The molecular formula is C27H29N7O2. The zero-order valence-electron chi connectivity index (χ0n) is 20.5. The van der Waals surface area contributed by atoms with Crippen molar-refractivity contribution in [2.75, 3.05) is 0 Å². The summed E-state index contributed by atoms with van der Waals surface area (Å²) < 4.78 is 3.52. The lowest BCUT2D eigenvalue weighted by Crippen LogP contribution is -2.36. The van der Waals surface area contributed by atoms with Crippen molar-refractivity contribution in [2.24, 2.45) is 5.92 Å². The van der Waals surface area contributed by atoms with Crippen LogP contribution in [-0.2, 0) is 12.1 Å². The summed E-state index contributed by atoms with van der Waals surface area (Å²) in [4.78, 5) is 39.1. The first-order chi connectivity index (χ1) is 17.4. The van der Waals surface area contributed by atoms with Crippen molar-refractivity contribution < 1.29 is 4.79 Å². The number of fused-ring (bicyclic) bond motifs is 1. The molecule has 0 bridgehead atoms. The number of nitrogens with one attached hydrogen (secondary N) is 1. The van der Waals surface area contributed by atoms with Crippen LogP contribution < -0.4 is 10.9 Å². The minimum Gasteiger partial charge on any atom is -0.340 e. The van der Waals surface area contributed by atoms with Gasteiger partial charge in [0.05, 0.1) is 29.0 Å². The Hall–Kier alpha value is -3.88. The lowest BCUT2D eigenvalue weighted by Gasteiger charge is -2.25. The minimum absolute atomic E-state index is 0.0347. The van der Waals surface area contributed by atoms with Crippen LogP contribution in [0.1, 0.15) is 68.2 Å². The summed E-state index contributed by atoms with van der Waals surface area (Å²) in [5, 5.41) is 8.47. The summed E-state index contributed by atoms with van der Waals surface area (Å²) in [7, 11) is 0. The highest BCUT2D eigenvalue weighted by Gasteiger charge is 2.46. The quantitative estimate of drug-likeness (QED) is 0.428. The second-order valence-electron chi connectivity index (χ2n) is 10.3. The number of carbonyl (C=O) groups is 1. The van der Waals surface area contributed by atoms with E-state index in [0.717, 1.165) is 35.9 Å². The predicted molar refractivity (Wildman–Crippen MR) is 135 cm³/mol. The number of hydrogen-bond donors (Lipinski definition) is 1. The number of nitrogens with zero attached hydrogens (tertiary/aromatic N) is 6. The van der Waals surface area contributed by atoms with Crippen LogP contribution in [0.3, 0.4) is 0 Å². The molecule has 0 spiro atoms. The van der Waals surface area contributed by atoms with E-state index in [0.29, 0.717) is 17.1 Å².